The summed E-state index contributed by atoms with van der Waals surface area (Å²) in [5, 5.41) is 2.70. The molecule has 2 aromatic rings. The van der Waals surface area contributed by atoms with Crippen molar-refractivity contribution in [2.45, 2.75) is 19.9 Å². The van der Waals surface area contributed by atoms with E-state index >= 15 is 0 Å². The largest absolute Gasteiger partial charge is 0.494 e. The second-order valence-electron chi connectivity index (χ2n) is 5.13. The first-order valence-corrected chi connectivity index (χ1v) is 8.02. The summed E-state index contributed by atoms with van der Waals surface area (Å²) in [6.45, 7) is 2.95. The summed E-state index contributed by atoms with van der Waals surface area (Å²) < 4.78 is 23.8. The summed E-state index contributed by atoms with van der Waals surface area (Å²) in [5.41, 5.74) is 0.956. The maximum atomic E-state index is 13.0. The molecule has 1 N–H and O–H groups in total. The average molecular weight is 352 g/mol. The van der Waals surface area contributed by atoms with Gasteiger partial charge in [-0.3, -0.25) is 4.79 Å². The van der Waals surface area contributed by atoms with Crippen LogP contribution in [0, 0.1) is 5.82 Å². The van der Waals surface area contributed by atoms with Gasteiger partial charge >= 0.3 is 0 Å². The van der Waals surface area contributed by atoms with Crippen LogP contribution in [0.2, 0.25) is 5.02 Å². The van der Waals surface area contributed by atoms with Crippen LogP contribution in [-0.2, 0) is 11.3 Å². The molecule has 0 saturated heterocycles. The van der Waals surface area contributed by atoms with E-state index in [0.29, 0.717) is 18.9 Å². The minimum atomic E-state index is -0.528. The lowest BCUT2D eigenvalue weighted by molar-refractivity contribution is -0.123. The Kier molecular flexibility index (Phi) is 6.88. The van der Waals surface area contributed by atoms with Gasteiger partial charge in [0.2, 0.25) is 0 Å². The highest BCUT2D eigenvalue weighted by Gasteiger charge is 2.05. The number of amides is 1. The van der Waals surface area contributed by atoms with Crippen molar-refractivity contribution in [3.63, 3.8) is 0 Å². The van der Waals surface area contributed by atoms with Crippen LogP contribution >= 0.6 is 11.6 Å². The molecule has 0 radical (unpaired) electrons. The van der Waals surface area contributed by atoms with E-state index in [-0.39, 0.29) is 17.5 Å². The van der Waals surface area contributed by atoms with E-state index in [2.05, 4.69) is 5.32 Å². The predicted molar refractivity (Wildman–Crippen MR) is 91.0 cm³/mol. The topological polar surface area (TPSA) is 47.6 Å². The van der Waals surface area contributed by atoms with Crippen molar-refractivity contribution in [2.75, 3.05) is 13.2 Å². The zero-order valence-electron chi connectivity index (χ0n) is 13.4. The fourth-order valence-electron chi connectivity index (χ4n) is 1.89. The smallest absolute Gasteiger partial charge is 0.258 e. The number of nitrogens with one attached hydrogen (secondary N) is 1. The van der Waals surface area contributed by atoms with E-state index in [0.717, 1.165) is 17.7 Å². The van der Waals surface area contributed by atoms with Crippen molar-refractivity contribution >= 4 is 17.5 Å². The Morgan fingerprint density at radius 2 is 1.83 bits per heavy atom. The van der Waals surface area contributed by atoms with Crippen LogP contribution in [0.1, 0.15) is 18.9 Å². The van der Waals surface area contributed by atoms with Gasteiger partial charge in [-0.25, -0.2) is 4.39 Å². The van der Waals surface area contributed by atoms with Gasteiger partial charge in [0.1, 0.15) is 17.3 Å². The maximum absolute atomic E-state index is 13.0. The molecule has 0 unspecified atom stereocenters. The van der Waals surface area contributed by atoms with E-state index in [1.807, 2.05) is 31.2 Å². The molecule has 0 aliphatic rings. The number of hydrogen-bond donors (Lipinski definition) is 1. The molecule has 2 aromatic carbocycles. The standard InChI is InChI=1S/C18H19ClFNO3/c1-2-9-23-14-5-3-13(4-6-14)11-21-18(22)12-24-15-7-8-17(20)16(19)10-15/h3-8,10H,2,9,11-12H2,1H3,(H,21,22). The zero-order chi connectivity index (χ0) is 17.4. The molecule has 0 aromatic heterocycles. The van der Waals surface area contributed by atoms with Crippen LogP contribution in [0.4, 0.5) is 4.39 Å². The van der Waals surface area contributed by atoms with Gasteiger partial charge in [0, 0.05) is 12.6 Å². The normalized spacial score (nSPS) is 10.3. The number of hydrogen-bond acceptors (Lipinski definition) is 3. The maximum Gasteiger partial charge on any atom is 0.258 e. The summed E-state index contributed by atoms with van der Waals surface area (Å²) in [7, 11) is 0. The second kappa shape index (κ2) is 9.13. The first-order valence-electron chi connectivity index (χ1n) is 7.64. The number of rotatable bonds is 8. The van der Waals surface area contributed by atoms with E-state index < -0.39 is 5.82 Å². The molecular formula is C18H19ClFNO3. The SMILES string of the molecule is CCCOc1ccc(CNC(=O)COc2ccc(F)c(Cl)c2)cc1. The minimum Gasteiger partial charge on any atom is -0.494 e. The Morgan fingerprint density at radius 3 is 2.50 bits per heavy atom. The Bertz CT molecular complexity index is 676. The molecule has 4 nitrogen and oxygen atoms in total. The summed E-state index contributed by atoms with van der Waals surface area (Å²) in [6.07, 6.45) is 0.955. The van der Waals surface area contributed by atoms with Gasteiger partial charge in [-0.2, -0.15) is 0 Å². The van der Waals surface area contributed by atoms with Crippen LogP contribution < -0.4 is 14.8 Å². The first-order chi connectivity index (χ1) is 11.6. The Hall–Kier alpha value is -2.27. The fraction of sp³-hybridized carbons (Fsp3) is 0.278. The molecule has 128 valence electrons. The molecule has 2 rings (SSSR count). The fourth-order valence-corrected chi connectivity index (χ4v) is 2.06. The van der Waals surface area contributed by atoms with Gasteiger partial charge < -0.3 is 14.8 Å². The quantitative estimate of drug-likeness (QED) is 0.783. The Balaban J connectivity index is 1.75. The third kappa shape index (κ3) is 5.74. The molecule has 0 aliphatic carbocycles. The third-order valence-electron chi connectivity index (χ3n) is 3.15. The summed E-state index contributed by atoms with van der Waals surface area (Å²) in [6, 6.07) is 11.5. The lowest BCUT2D eigenvalue weighted by Crippen LogP contribution is -2.28. The minimum absolute atomic E-state index is 0.0433. The van der Waals surface area contributed by atoms with Crippen molar-refractivity contribution in [3.05, 3.63) is 58.9 Å². The first kappa shape index (κ1) is 18.1. The molecule has 24 heavy (non-hydrogen) atoms. The van der Waals surface area contributed by atoms with Gasteiger partial charge in [-0.15, -0.1) is 0 Å². The van der Waals surface area contributed by atoms with Gasteiger partial charge in [0.25, 0.3) is 5.91 Å². The van der Waals surface area contributed by atoms with Gasteiger partial charge in [0.15, 0.2) is 6.61 Å². The van der Waals surface area contributed by atoms with Crippen LogP contribution in [0.5, 0.6) is 11.5 Å². The Labute approximate surface area is 145 Å². The van der Waals surface area contributed by atoms with Crippen LogP contribution in [-0.4, -0.2) is 19.1 Å². The van der Waals surface area contributed by atoms with Crippen molar-refractivity contribution in [2.24, 2.45) is 0 Å². The summed E-state index contributed by atoms with van der Waals surface area (Å²) in [5.74, 6) is 0.346. The molecule has 0 bridgehead atoms. The molecule has 0 fully saturated rings. The molecule has 0 saturated carbocycles. The molecule has 0 spiro atoms. The van der Waals surface area contributed by atoms with Crippen LogP contribution in [0.15, 0.2) is 42.5 Å². The van der Waals surface area contributed by atoms with Crippen molar-refractivity contribution in [1.82, 2.24) is 5.32 Å². The van der Waals surface area contributed by atoms with E-state index in [1.165, 1.54) is 18.2 Å². The van der Waals surface area contributed by atoms with Crippen LogP contribution in [0.3, 0.4) is 0 Å². The van der Waals surface area contributed by atoms with Crippen LogP contribution in [0.25, 0.3) is 0 Å². The second-order valence-corrected chi connectivity index (χ2v) is 5.54. The highest BCUT2D eigenvalue weighted by atomic mass is 35.5. The lowest BCUT2D eigenvalue weighted by Gasteiger charge is -2.09. The van der Waals surface area contributed by atoms with Crippen molar-refractivity contribution in [1.29, 1.82) is 0 Å². The van der Waals surface area contributed by atoms with Gasteiger partial charge in [-0.05, 0) is 36.2 Å². The monoisotopic (exact) mass is 351 g/mol. The van der Waals surface area contributed by atoms with Gasteiger partial charge in [0.05, 0.1) is 11.6 Å². The number of carbonyl (C=O) groups excluding carboxylic acids is 1. The third-order valence-corrected chi connectivity index (χ3v) is 3.44. The number of benzene rings is 2. The van der Waals surface area contributed by atoms with E-state index in [1.54, 1.807) is 0 Å². The zero-order valence-corrected chi connectivity index (χ0v) is 14.1. The van der Waals surface area contributed by atoms with Crippen molar-refractivity contribution < 1.29 is 18.7 Å². The molecule has 1 amide bonds. The number of carbonyl (C=O) groups is 1. The Morgan fingerprint density at radius 1 is 1.12 bits per heavy atom. The number of ether oxygens (including phenoxy) is 2. The average Bonchev–Trinajstić information content (AvgIpc) is 2.60. The molecule has 0 heterocycles. The summed E-state index contributed by atoms with van der Waals surface area (Å²) >= 11 is 5.65. The number of halogens is 2. The van der Waals surface area contributed by atoms with E-state index in [4.69, 9.17) is 21.1 Å². The summed E-state index contributed by atoms with van der Waals surface area (Å²) in [4.78, 5) is 11.8. The highest BCUT2D eigenvalue weighted by Crippen LogP contribution is 2.20. The molecular weight excluding hydrogens is 333 g/mol. The van der Waals surface area contributed by atoms with Gasteiger partial charge in [-0.1, -0.05) is 30.7 Å². The lowest BCUT2D eigenvalue weighted by atomic mass is 10.2. The van der Waals surface area contributed by atoms with Crippen molar-refractivity contribution in [3.8, 4) is 11.5 Å². The molecule has 6 heteroatoms. The van der Waals surface area contributed by atoms with E-state index in [9.17, 15) is 9.18 Å². The molecule has 0 aliphatic heterocycles. The highest BCUT2D eigenvalue weighted by molar-refractivity contribution is 6.30. The predicted octanol–water partition coefficient (Wildman–Crippen LogP) is 3.96. The molecule has 0 atom stereocenters.